The Bertz CT molecular complexity index is 1140. The molecule has 0 saturated heterocycles. The smallest absolute Gasteiger partial charge is 0.337 e. The Morgan fingerprint density at radius 1 is 0.938 bits per heavy atom. The van der Waals surface area contributed by atoms with Gasteiger partial charge in [0.15, 0.2) is 0 Å². The number of benzene rings is 2. The number of methoxy groups -OCH3 is 1. The lowest BCUT2D eigenvalue weighted by Crippen LogP contribution is -2.19. The van der Waals surface area contributed by atoms with Crippen LogP contribution in [-0.2, 0) is 28.8 Å². The van der Waals surface area contributed by atoms with Crippen LogP contribution in [0.25, 0.3) is 0 Å². The molecule has 1 aliphatic rings. The number of carbonyl (C=O) groups excluding carboxylic acids is 3. The zero-order valence-electron chi connectivity index (χ0n) is 17.8. The van der Waals surface area contributed by atoms with Gasteiger partial charge in [-0.15, -0.1) is 11.3 Å². The molecule has 4 rings (SSSR count). The fraction of sp³-hybridized carbons (Fsp3) is 0.240. The number of esters is 1. The number of anilines is 2. The average molecular weight is 449 g/mol. The summed E-state index contributed by atoms with van der Waals surface area (Å²) in [6.07, 6.45) is 4.10. The van der Waals surface area contributed by atoms with Gasteiger partial charge < -0.3 is 15.4 Å². The van der Waals surface area contributed by atoms with Crippen LogP contribution in [-0.4, -0.2) is 24.9 Å². The number of nitrogens with one attached hydrogen (secondary N) is 2. The van der Waals surface area contributed by atoms with E-state index in [4.69, 9.17) is 4.74 Å². The summed E-state index contributed by atoms with van der Waals surface area (Å²) >= 11 is 1.50. The monoisotopic (exact) mass is 448 g/mol. The van der Waals surface area contributed by atoms with Crippen molar-refractivity contribution in [3.8, 4) is 0 Å². The van der Waals surface area contributed by atoms with Crippen LogP contribution < -0.4 is 10.6 Å². The van der Waals surface area contributed by atoms with Gasteiger partial charge >= 0.3 is 5.97 Å². The molecular weight excluding hydrogens is 424 g/mol. The van der Waals surface area contributed by atoms with Crippen molar-refractivity contribution >= 4 is 39.8 Å². The second-order valence-corrected chi connectivity index (χ2v) is 8.75. The van der Waals surface area contributed by atoms with E-state index >= 15 is 0 Å². The van der Waals surface area contributed by atoms with Gasteiger partial charge in [0.2, 0.25) is 5.91 Å². The highest BCUT2D eigenvalue weighted by Crippen LogP contribution is 2.38. The van der Waals surface area contributed by atoms with Crippen molar-refractivity contribution in [3.05, 3.63) is 81.7 Å². The van der Waals surface area contributed by atoms with Crippen LogP contribution in [0.5, 0.6) is 0 Å². The van der Waals surface area contributed by atoms with Gasteiger partial charge in [0.25, 0.3) is 5.91 Å². The first kappa shape index (κ1) is 21.8. The molecule has 1 aliphatic carbocycles. The third-order valence-electron chi connectivity index (χ3n) is 5.42. The van der Waals surface area contributed by atoms with Crippen LogP contribution in [0, 0.1) is 0 Å². The third-order valence-corrected chi connectivity index (χ3v) is 6.63. The first-order valence-corrected chi connectivity index (χ1v) is 11.3. The van der Waals surface area contributed by atoms with Crippen molar-refractivity contribution < 1.29 is 19.1 Å². The summed E-state index contributed by atoms with van der Waals surface area (Å²) in [7, 11) is 1.32. The Balaban J connectivity index is 1.55. The maximum atomic E-state index is 13.2. The molecule has 1 aromatic heterocycles. The van der Waals surface area contributed by atoms with E-state index in [1.807, 2.05) is 30.3 Å². The highest BCUT2D eigenvalue weighted by atomic mass is 32.1. The Hall–Kier alpha value is -3.45. The molecule has 6 nitrogen and oxygen atoms in total. The molecule has 164 valence electrons. The van der Waals surface area contributed by atoms with Gasteiger partial charge in [0.1, 0.15) is 5.00 Å². The maximum Gasteiger partial charge on any atom is 0.337 e. The molecule has 2 amide bonds. The van der Waals surface area contributed by atoms with Gasteiger partial charge in [-0.3, -0.25) is 9.59 Å². The summed E-state index contributed by atoms with van der Waals surface area (Å²) < 4.78 is 4.71. The average Bonchev–Trinajstić information content (AvgIpc) is 3.17. The largest absolute Gasteiger partial charge is 0.465 e. The lowest BCUT2D eigenvalue weighted by molar-refractivity contribution is -0.115. The molecule has 1 heterocycles. The second-order valence-electron chi connectivity index (χ2n) is 7.65. The molecule has 0 radical (unpaired) electrons. The van der Waals surface area contributed by atoms with Crippen molar-refractivity contribution in [1.82, 2.24) is 0 Å². The van der Waals surface area contributed by atoms with Crippen molar-refractivity contribution in [1.29, 1.82) is 0 Å². The Kier molecular flexibility index (Phi) is 6.66. The Labute approximate surface area is 190 Å². The van der Waals surface area contributed by atoms with Crippen molar-refractivity contribution in [2.75, 3.05) is 17.7 Å². The number of aryl methyl sites for hydroxylation is 1. The molecule has 0 aliphatic heterocycles. The molecule has 0 saturated carbocycles. The fourth-order valence-corrected chi connectivity index (χ4v) is 5.15. The van der Waals surface area contributed by atoms with Gasteiger partial charge in [-0.25, -0.2) is 4.79 Å². The van der Waals surface area contributed by atoms with Gasteiger partial charge in [-0.2, -0.15) is 0 Å². The Morgan fingerprint density at radius 3 is 2.38 bits per heavy atom. The summed E-state index contributed by atoms with van der Waals surface area (Å²) in [4.78, 5) is 38.7. The van der Waals surface area contributed by atoms with E-state index in [9.17, 15) is 14.4 Å². The van der Waals surface area contributed by atoms with Gasteiger partial charge in [0.05, 0.1) is 24.7 Å². The lowest BCUT2D eigenvalue weighted by atomic mass is 9.95. The molecule has 0 atom stereocenters. The zero-order valence-corrected chi connectivity index (χ0v) is 18.6. The van der Waals surface area contributed by atoms with E-state index < -0.39 is 5.97 Å². The standard InChI is InChI=1S/C25H24N2O4S/c1-31-25(30)17-11-13-18(14-12-17)26-23(29)22-19-9-5-6-10-20(19)32-24(22)27-21(28)15-16-7-3-2-4-8-16/h2-4,7-8,11-14H,5-6,9-10,15H2,1H3,(H,26,29)(H,27,28). The first-order valence-electron chi connectivity index (χ1n) is 10.5. The lowest BCUT2D eigenvalue weighted by Gasteiger charge is -2.13. The SMILES string of the molecule is COC(=O)c1ccc(NC(=O)c2c(NC(=O)Cc3ccccc3)sc3c2CCCC3)cc1. The summed E-state index contributed by atoms with van der Waals surface area (Å²) in [5, 5.41) is 6.48. The molecule has 0 bridgehead atoms. The summed E-state index contributed by atoms with van der Waals surface area (Å²) in [5.74, 6) is -0.838. The molecule has 3 aromatic rings. The number of rotatable bonds is 6. The normalized spacial score (nSPS) is 12.5. The van der Waals surface area contributed by atoms with Crippen molar-refractivity contribution in [3.63, 3.8) is 0 Å². The van der Waals surface area contributed by atoms with Gasteiger partial charge in [-0.1, -0.05) is 30.3 Å². The van der Waals surface area contributed by atoms with E-state index in [1.165, 1.54) is 18.4 Å². The predicted molar refractivity (Wildman–Crippen MR) is 125 cm³/mol. The third kappa shape index (κ3) is 4.89. The van der Waals surface area contributed by atoms with Gasteiger partial charge in [-0.05, 0) is 61.1 Å². The summed E-state index contributed by atoms with van der Waals surface area (Å²) in [5.41, 5.74) is 3.47. The highest BCUT2D eigenvalue weighted by Gasteiger charge is 2.26. The van der Waals surface area contributed by atoms with Crippen LogP contribution >= 0.6 is 11.3 Å². The summed E-state index contributed by atoms with van der Waals surface area (Å²) in [6, 6.07) is 16.1. The highest BCUT2D eigenvalue weighted by molar-refractivity contribution is 7.17. The predicted octanol–water partition coefficient (Wildman–Crippen LogP) is 4.85. The minimum atomic E-state index is -0.432. The maximum absolute atomic E-state index is 13.2. The van der Waals surface area contributed by atoms with Crippen LogP contribution in [0.15, 0.2) is 54.6 Å². The van der Waals surface area contributed by atoms with Crippen LogP contribution in [0.4, 0.5) is 10.7 Å². The number of hydrogen-bond donors (Lipinski definition) is 2. The molecular formula is C25H24N2O4S. The molecule has 0 unspecified atom stereocenters. The van der Waals surface area contributed by atoms with Crippen LogP contribution in [0.3, 0.4) is 0 Å². The quantitative estimate of drug-likeness (QED) is 0.528. The zero-order chi connectivity index (χ0) is 22.5. The molecule has 2 N–H and O–H groups in total. The van der Waals surface area contributed by atoms with Crippen molar-refractivity contribution in [2.45, 2.75) is 32.1 Å². The number of ether oxygens (including phenoxy) is 1. The molecule has 0 spiro atoms. The molecule has 32 heavy (non-hydrogen) atoms. The van der Waals surface area contributed by atoms with Gasteiger partial charge in [0, 0.05) is 10.6 Å². The van der Waals surface area contributed by atoms with Crippen LogP contribution in [0.2, 0.25) is 0 Å². The number of hydrogen-bond acceptors (Lipinski definition) is 5. The molecule has 2 aromatic carbocycles. The topological polar surface area (TPSA) is 84.5 Å². The number of carbonyl (C=O) groups is 3. The molecule has 7 heteroatoms. The van der Waals surface area contributed by atoms with E-state index in [-0.39, 0.29) is 18.2 Å². The second kappa shape index (κ2) is 9.78. The number of amides is 2. The van der Waals surface area contributed by atoms with E-state index in [1.54, 1.807) is 24.3 Å². The fourth-order valence-electron chi connectivity index (χ4n) is 3.85. The van der Waals surface area contributed by atoms with E-state index in [2.05, 4.69) is 10.6 Å². The Morgan fingerprint density at radius 2 is 1.66 bits per heavy atom. The number of fused-ring (bicyclic) bond motifs is 1. The molecule has 0 fully saturated rings. The minimum Gasteiger partial charge on any atom is -0.465 e. The van der Waals surface area contributed by atoms with E-state index in [0.717, 1.165) is 41.7 Å². The number of thiophene rings is 1. The summed E-state index contributed by atoms with van der Waals surface area (Å²) in [6.45, 7) is 0. The van der Waals surface area contributed by atoms with Crippen molar-refractivity contribution in [2.24, 2.45) is 0 Å². The minimum absolute atomic E-state index is 0.147. The van der Waals surface area contributed by atoms with E-state index in [0.29, 0.717) is 21.8 Å². The first-order chi connectivity index (χ1) is 15.5. The van der Waals surface area contributed by atoms with Crippen LogP contribution in [0.1, 0.15) is 49.6 Å².